The van der Waals surface area contributed by atoms with Crippen LogP contribution in [0.25, 0.3) is 11.1 Å². The van der Waals surface area contributed by atoms with Gasteiger partial charge in [0.25, 0.3) is 0 Å². The summed E-state index contributed by atoms with van der Waals surface area (Å²) in [7, 11) is 1.82. The molecule has 0 aliphatic heterocycles. The summed E-state index contributed by atoms with van der Waals surface area (Å²) in [5, 5.41) is 11.4. The fourth-order valence-corrected chi connectivity index (χ4v) is 4.29. The fraction of sp³-hybridized carbons (Fsp3) is 0.391. The lowest BCUT2D eigenvalue weighted by Gasteiger charge is -2.29. The lowest BCUT2D eigenvalue weighted by atomic mass is 9.83. The van der Waals surface area contributed by atoms with Gasteiger partial charge in [0, 0.05) is 53.7 Å². The van der Waals surface area contributed by atoms with E-state index in [0.29, 0.717) is 42.5 Å². The zero-order valence-electron chi connectivity index (χ0n) is 18.4. The second-order valence-corrected chi connectivity index (χ2v) is 8.92. The first kappa shape index (κ1) is 24.0. The Balaban J connectivity index is 1.49. The Morgan fingerprint density at radius 1 is 1.21 bits per heavy atom. The number of rotatable bonds is 7. The third kappa shape index (κ3) is 6.05. The summed E-state index contributed by atoms with van der Waals surface area (Å²) in [4.78, 5) is 20.4. The van der Waals surface area contributed by atoms with Crippen molar-refractivity contribution < 1.29 is 18.0 Å². The highest BCUT2D eigenvalue weighted by molar-refractivity contribution is 6.30. The van der Waals surface area contributed by atoms with Gasteiger partial charge in [-0.05, 0) is 49.8 Å². The standard InChI is InChI=1S/C23H24ClF3N6O/c1-33-13-15(11-29-33)19-12-28-22(31-18-4-2-3-16(24)10-18)32-21(19)30-17-7-5-14(6-8-17)9-20(34)23(25,26)27/h2-4,10-14,17H,5-9H2,1H3,(H2,28,30,31,32). The molecule has 180 valence electrons. The van der Waals surface area contributed by atoms with Gasteiger partial charge in [-0.25, -0.2) is 4.98 Å². The molecular weight excluding hydrogens is 469 g/mol. The van der Waals surface area contributed by atoms with Gasteiger partial charge >= 0.3 is 6.18 Å². The van der Waals surface area contributed by atoms with Crippen LogP contribution in [0.1, 0.15) is 32.1 Å². The van der Waals surface area contributed by atoms with Crippen molar-refractivity contribution in [3.8, 4) is 11.1 Å². The number of benzene rings is 1. The van der Waals surface area contributed by atoms with E-state index >= 15 is 0 Å². The van der Waals surface area contributed by atoms with Crippen molar-refractivity contribution in [2.24, 2.45) is 13.0 Å². The topological polar surface area (TPSA) is 84.7 Å². The molecule has 2 heterocycles. The number of aryl methyl sites for hydroxylation is 1. The van der Waals surface area contributed by atoms with Crippen LogP contribution in [0.15, 0.2) is 42.9 Å². The predicted molar refractivity (Wildman–Crippen MR) is 124 cm³/mol. The molecule has 0 atom stereocenters. The maximum atomic E-state index is 12.6. The lowest BCUT2D eigenvalue weighted by Crippen LogP contribution is -2.30. The van der Waals surface area contributed by atoms with Crippen molar-refractivity contribution in [2.75, 3.05) is 10.6 Å². The zero-order chi connectivity index (χ0) is 24.3. The molecule has 1 aliphatic carbocycles. The summed E-state index contributed by atoms with van der Waals surface area (Å²) >= 11 is 6.06. The predicted octanol–water partition coefficient (Wildman–Crippen LogP) is 5.77. The largest absolute Gasteiger partial charge is 0.449 e. The number of halogens is 4. The first-order valence-corrected chi connectivity index (χ1v) is 11.3. The first-order chi connectivity index (χ1) is 16.2. The van der Waals surface area contributed by atoms with Crippen LogP contribution >= 0.6 is 11.6 Å². The third-order valence-electron chi connectivity index (χ3n) is 5.86. The van der Waals surface area contributed by atoms with Crippen LogP contribution < -0.4 is 10.6 Å². The Kier molecular flexibility index (Phi) is 7.06. The Morgan fingerprint density at radius 2 is 1.97 bits per heavy atom. The van der Waals surface area contributed by atoms with E-state index in [1.807, 2.05) is 25.4 Å². The summed E-state index contributed by atoms with van der Waals surface area (Å²) in [6.45, 7) is 0. The number of anilines is 3. The molecule has 4 rings (SSSR count). The number of carbonyl (C=O) groups excluding carboxylic acids is 1. The van der Waals surface area contributed by atoms with Gasteiger partial charge in [-0.3, -0.25) is 9.48 Å². The number of Topliss-reactive ketones (excluding diaryl/α,β-unsaturated/α-hetero) is 1. The minimum absolute atomic E-state index is 0.0154. The molecule has 1 fully saturated rings. The van der Waals surface area contributed by atoms with E-state index < -0.39 is 18.4 Å². The van der Waals surface area contributed by atoms with Gasteiger partial charge in [-0.15, -0.1) is 0 Å². The summed E-state index contributed by atoms with van der Waals surface area (Å²) in [6.07, 6.45) is 2.43. The van der Waals surface area contributed by atoms with Gasteiger partial charge in [0.1, 0.15) is 5.82 Å². The second kappa shape index (κ2) is 10.0. The Bertz CT molecular complexity index is 1160. The molecule has 0 saturated heterocycles. The van der Waals surface area contributed by atoms with Crippen molar-refractivity contribution in [3.05, 3.63) is 47.9 Å². The number of nitrogens with zero attached hydrogens (tertiary/aromatic N) is 4. The average Bonchev–Trinajstić information content (AvgIpc) is 3.21. The van der Waals surface area contributed by atoms with Crippen LogP contribution in [-0.4, -0.2) is 37.7 Å². The van der Waals surface area contributed by atoms with E-state index in [1.165, 1.54) is 0 Å². The zero-order valence-corrected chi connectivity index (χ0v) is 19.2. The molecule has 2 N–H and O–H groups in total. The van der Waals surface area contributed by atoms with Gasteiger partial charge in [0.2, 0.25) is 11.7 Å². The Morgan fingerprint density at radius 3 is 2.62 bits per heavy atom. The van der Waals surface area contributed by atoms with E-state index in [-0.39, 0.29) is 12.0 Å². The maximum Gasteiger partial charge on any atom is 0.449 e. The van der Waals surface area contributed by atoms with Crippen molar-refractivity contribution in [3.63, 3.8) is 0 Å². The molecule has 1 aliphatic rings. The fourth-order valence-electron chi connectivity index (χ4n) is 4.10. The van der Waals surface area contributed by atoms with Crippen LogP contribution in [0.3, 0.4) is 0 Å². The van der Waals surface area contributed by atoms with Gasteiger partial charge in [-0.2, -0.15) is 23.3 Å². The maximum absolute atomic E-state index is 12.6. The quantitative estimate of drug-likeness (QED) is 0.436. The number of alkyl halides is 3. The molecule has 7 nitrogen and oxygen atoms in total. The van der Waals surface area contributed by atoms with Crippen LogP contribution in [0, 0.1) is 5.92 Å². The van der Waals surface area contributed by atoms with E-state index in [9.17, 15) is 18.0 Å². The SMILES string of the molecule is Cn1cc(-c2cnc(Nc3cccc(Cl)c3)nc2NC2CCC(CC(=O)C(F)(F)F)CC2)cn1. The van der Waals surface area contributed by atoms with Gasteiger partial charge in [0.05, 0.1) is 6.20 Å². The molecule has 0 bridgehead atoms. The Labute approximate surface area is 199 Å². The number of carbonyl (C=O) groups is 1. The molecule has 0 spiro atoms. The highest BCUT2D eigenvalue weighted by atomic mass is 35.5. The number of hydrogen-bond acceptors (Lipinski definition) is 6. The van der Waals surface area contributed by atoms with Crippen molar-refractivity contribution in [2.45, 2.75) is 44.3 Å². The summed E-state index contributed by atoms with van der Waals surface area (Å²) in [6, 6.07) is 7.21. The molecule has 34 heavy (non-hydrogen) atoms. The van der Waals surface area contributed by atoms with Crippen molar-refractivity contribution >= 4 is 34.8 Å². The molecular formula is C23H24ClF3N6O. The highest BCUT2D eigenvalue weighted by Crippen LogP contribution is 2.34. The first-order valence-electron chi connectivity index (χ1n) is 10.9. The van der Waals surface area contributed by atoms with Gasteiger partial charge in [-0.1, -0.05) is 17.7 Å². The van der Waals surface area contributed by atoms with Crippen LogP contribution in [0.4, 0.5) is 30.6 Å². The monoisotopic (exact) mass is 492 g/mol. The van der Waals surface area contributed by atoms with E-state index in [1.54, 1.807) is 29.2 Å². The molecule has 1 saturated carbocycles. The highest BCUT2D eigenvalue weighted by Gasteiger charge is 2.39. The molecule has 1 aromatic carbocycles. The molecule has 3 aromatic rings. The second-order valence-electron chi connectivity index (χ2n) is 8.48. The smallest absolute Gasteiger partial charge is 0.367 e. The van der Waals surface area contributed by atoms with Gasteiger partial charge < -0.3 is 10.6 Å². The number of hydrogen-bond donors (Lipinski definition) is 2. The third-order valence-corrected chi connectivity index (χ3v) is 6.10. The van der Waals surface area contributed by atoms with Crippen LogP contribution in [0.5, 0.6) is 0 Å². The van der Waals surface area contributed by atoms with E-state index in [4.69, 9.17) is 11.6 Å². The van der Waals surface area contributed by atoms with Crippen molar-refractivity contribution in [1.82, 2.24) is 19.7 Å². The minimum Gasteiger partial charge on any atom is -0.367 e. The molecule has 11 heteroatoms. The molecule has 0 radical (unpaired) electrons. The molecule has 0 unspecified atom stereocenters. The average molecular weight is 493 g/mol. The number of aromatic nitrogens is 4. The lowest BCUT2D eigenvalue weighted by molar-refractivity contribution is -0.172. The van der Waals surface area contributed by atoms with E-state index in [2.05, 4.69) is 25.7 Å². The summed E-state index contributed by atoms with van der Waals surface area (Å²) in [5.41, 5.74) is 2.34. The van der Waals surface area contributed by atoms with Crippen molar-refractivity contribution in [1.29, 1.82) is 0 Å². The Hall–Kier alpha value is -3.14. The van der Waals surface area contributed by atoms with E-state index in [0.717, 1.165) is 16.8 Å². The van der Waals surface area contributed by atoms with Crippen LogP contribution in [0.2, 0.25) is 5.02 Å². The normalized spacial score (nSPS) is 18.5. The summed E-state index contributed by atoms with van der Waals surface area (Å²) < 4.78 is 39.5. The minimum atomic E-state index is -4.76. The summed E-state index contributed by atoms with van der Waals surface area (Å²) in [5.74, 6) is -0.921. The molecule has 2 aromatic heterocycles. The van der Waals surface area contributed by atoms with Crippen LogP contribution in [-0.2, 0) is 11.8 Å². The number of nitrogens with one attached hydrogen (secondary N) is 2. The molecule has 0 amide bonds. The number of ketones is 1. The van der Waals surface area contributed by atoms with Gasteiger partial charge in [0.15, 0.2) is 0 Å².